The van der Waals surface area contributed by atoms with Crippen LogP contribution in [0.1, 0.15) is 32.8 Å². The molecule has 0 saturated heterocycles. The van der Waals surface area contributed by atoms with Gasteiger partial charge in [0.25, 0.3) is 0 Å². The van der Waals surface area contributed by atoms with Gasteiger partial charge in [-0.15, -0.1) is 0 Å². The molecular formula is C12H20O3. The number of rotatable bonds is 2. The Hall–Kier alpha value is -1.06. The van der Waals surface area contributed by atoms with Crippen molar-refractivity contribution in [3.63, 3.8) is 0 Å². The van der Waals surface area contributed by atoms with Crippen LogP contribution >= 0.6 is 0 Å². The number of para-hydroxylation sites is 1. The van der Waals surface area contributed by atoms with Crippen molar-refractivity contribution in [3.05, 3.63) is 29.8 Å². The number of hydrogen-bond acceptors (Lipinski definition) is 3. The number of aliphatic hydroxyl groups is 2. The maximum absolute atomic E-state index is 8.95. The number of aromatic hydroxyl groups is 1. The molecule has 3 heteroatoms. The number of hydrogen-bond donors (Lipinski definition) is 3. The lowest BCUT2D eigenvalue weighted by Gasteiger charge is -2.11. The van der Waals surface area contributed by atoms with Crippen molar-refractivity contribution in [2.24, 2.45) is 0 Å². The van der Waals surface area contributed by atoms with E-state index >= 15 is 0 Å². The van der Waals surface area contributed by atoms with Crippen LogP contribution < -0.4 is 0 Å². The van der Waals surface area contributed by atoms with E-state index in [0.29, 0.717) is 5.56 Å². The molecule has 0 fully saturated rings. The molecule has 0 unspecified atom stereocenters. The van der Waals surface area contributed by atoms with Gasteiger partial charge in [0.05, 0.1) is 12.2 Å². The third-order valence-corrected chi connectivity index (χ3v) is 2.03. The fourth-order valence-corrected chi connectivity index (χ4v) is 0.645. The van der Waals surface area contributed by atoms with E-state index in [1.165, 1.54) is 0 Å². The summed E-state index contributed by atoms with van der Waals surface area (Å²) in [6, 6.07) is 6.71. The highest BCUT2D eigenvalue weighted by Crippen LogP contribution is 2.14. The largest absolute Gasteiger partial charge is 0.508 e. The molecule has 0 bridgehead atoms. The van der Waals surface area contributed by atoms with Gasteiger partial charge in [-0.2, -0.15) is 0 Å². The fourth-order valence-electron chi connectivity index (χ4n) is 0.645. The minimum Gasteiger partial charge on any atom is -0.508 e. The molecule has 1 aromatic carbocycles. The molecule has 0 aliphatic rings. The lowest BCUT2D eigenvalue weighted by atomic mass is 10.1. The maximum atomic E-state index is 8.95. The molecule has 3 N–H and O–H groups in total. The number of aliphatic hydroxyl groups excluding tert-OH is 1. The summed E-state index contributed by atoms with van der Waals surface area (Å²) < 4.78 is 0. The summed E-state index contributed by atoms with van der Waals surface area (Å²) in [6.45, 7) is 5.45. The molecular weight excluding hydrogens is 192 g/mol. The van der Waals surface area contributed by atoms with Crippen LogP contribution in [0.25, 0.3) is 0 Å². The lowest BCUT2D eigenvalue weighted by molar-refractivity contribution is 0.0765. The van der Waals surface area contributed by atoms with Gasteiger partial charge >= 0.3 is 0 Å². The van der Waals surface area contributed by atoms with Crippen LogP contribution in [0.5, 0.6) is 5.75 Å². The van der Waals surface area contributed by atoms with Crippen LogP contribution in [0, 0.1) is 0 Å². The SMILES string of the molecule is CCC(C)(C)O.OCc1ccccc1O. The first-order valence-electron chi connectivity index (χ1n) is 5.01. The van der Waals surface area contributed by atoms with Crippen molar-refractivity contribution in [3.8, 4) is 5.75 Å². The van der Waals surface area contributed by atoms with Crippen molar-refractivity contribution in [2.45, 2.75) is 39.4 Å². The third-order valence-electron chi connectivity index (χ3n) is 2.03. The molecule has 0 heterocycles. The Bertz CT molecular complexity index is 276. The van der Waals surface area contributed by atoms with Gasteiger partial charge in [-0.05, 0) is 26.3 Å². The van der Waals surface area contributed by atoms with Crippen LogP contribution in [-0.4, -0.2) is 20.9 Å². The van der Waals surface area contributed by atoms with Gasteiger partial charge in [0, 0.05) is 5.56 Å². The summed E-state index contributed by atoms with van der Waals surface area (Å²) in [7, 11) is 0. The van der Waals surface area contributed by atoms with Crippen molar-refractivity contribution < 1.29 is 15.3 Å². The zero-order chi connectivity index (χ0) is 11.9. The average molecular weight is 212 g/mol. The van der Waals surface area contributed by atoms with Gasteiger partial charge < -0.3 is 15.3 Å². The Morgan fingerprint density at radius 1 is 1.20 bits per heavy atom. The summed E-state index contributed by atoms with van der Waals surface area (Å²) in [5.41, 5.74) is 0.109. The van der Waals surface area contributed by atoms with Crippen LogP contribution in [0.3, 0.4) is 0 Å². The second kappa shape index (κ2) is 6.43. The zero-order valence-electron chi connectivity index (χ0n) is 9.57. The van der Waals surface area contributed by atoms with Gasteiger partial charge in [-0.25, -0.2) is 0 Å². The molecule has 0 atom stereocenters. The van der Waals surface area contributed by atoms with Crippen LogP contribution in [0.15, 0.2) is 24.3 Å². The Morgan fingerprint density at radius 3 is 1.93 bits per heavy atom. The average Bonchev–Trinajstić information content (AvgIpc) is 2.18. The van der Waals surface area contributed by atoms with E-state index in [0.717, 1.165) is 6.42 Å². The molecule has 0 amide bonds. The van der Waals surface area contributed by atoms with E-state index in [9.17, 15) is 0 Å². The van der Waals surface area contributed by atoms with Crippen molar-refractivity contribution in [2.75, 3.05) is 0 Å². The highest BCUT2D eigenvalue weighted by atomic mass is 16.3. The topological polar surface area (TPSA) is 60.7 Å². The molecule has 86 valence electrons. The lowest BCUT2D eigenvalue weighted by Crippen LogP contribution is -2.15. The first-order chi connectivity index (χ1) is 6.90. The summed E-state index contributed by atoms with van der Waals surface area (Å²) in [4.78, 5) is 0. The fraction of sp³-hybridized carbons (Fsp3) is 0.500. The Labute approximate surface area is 91.0 Å². The van der Waals surface area contributed by atoms with Crippen LogP contribution in [-0.2, 0) is 6.61 Å². The molecule has 0 radical (unpaired) electrons. The van der Waals surface area contributed by atoms with Crippen molar-refractivity contribution >= 4 is 0 Å². The summed E-state index contributed by atoms with van der Waals surface area (Å²) in [6.07, 6.45) is 0.826. The summed E-state index contributed by atoms with van der Waals surface area (Å²) >= 11 is 0. The molecule has 1 aromatic rings. The maximum Gasteiger partial charge on any atom is 0.121 e. The van der Waals surface area contributed by atoms with Crippen LogP contribution in [0.4, 0.5) is 0 Å². The Balaban J connectivity index is 0.000000288. The van der Waals surface area contributed by atoms with Gasteiger partial charge in [0.2, 0.25) is 0 Å². The molecule has 1 rings (SSSR count). The standard InChI is InChI=1S/C7H8O2.C5H12O/c8-5-6-3-1-2-4-7(6)9;1-4-5(2,3)6/h1-4,8-9H,5H2;6H,4H2,1-3H3. The van der Waals surface area contributed by atoms with Crippen molar-refractivity contribution in [1.29, 1.82) is 0 Å². The van der Waals surface area contributed by atoms with Gasteiger partial charge in [-0.3, -0.25) is 0 Å². The number of benzene rings is 1. The van der Waals surface area contributed by atoms with E-state index in [2.05, 4.69) is 0 Å². The summed E-state index contributed by atoms with van der Waals surface area (Å²) in [5.74, 6) is 0.153. The van der Waals surface area contributed by atoms with E-state index in [1.807, 2.05) is 6.92 Å². The Morgan fingerprint density at radius 2 is 1.67 bits per heavy atom. The summed E-state index contributed by atoms with van der Waals surface area (Å²) in [5, 5.41) is 26.3. The predicted molar refractivity (Wildman–Crippen MR) is 60.6 cm³/mol. The molecule has 0 aliphatic heterocycles. The molecule has 0 aliphatic carbocycles. The van der Waals surface area contributed by atoms with E-state index < -0.39 is 5.60 Å². The normalized spacial score (nSPS) is 10.5. The van der Waals surface area contributed by atoms with E-state index in [4.69, 9.17) is 15.3 Å². The molecule has 0 spiro atoms. The minimum atomic E-state index is -0.458. The second-order valence-corrected chi connectivity index (χ2v) is 3.95. The molecule has 15 heavy (non-hydrogen) atoms. The minimum absolute atomic E-state index is 0.104. The van der Waals surface area contributed by atoms with Crippen molar-refractivity contribution in [1.82, 2.24) is 0 Å². The number of phenols is 1. The third kappa shape index (κ3) is 6.94. The predicted octanol–water partition coefficient (Wildman–Crippen LogP) is 2.05. The van der Waals surface area contributed by atoms with Crippen LogP contribution in [0.2, 0.25) is 0 Å². The highest BCUT2D eigenvalue weighted by molar-refractivity contribution is 5.30. The molecule has 0 aromatic heterocycles. The van der Waals surface area contributed by atoms with Gasteiger partial charge in [0.15, 0.2) is 0 Å². The molecule has 0 saturated carbocycles. The van der Waals surface area contributed by atoms with Gasteiger partial charge in [-0.1, -0.05) is 25.1 Å². The molecule has 3 nitrogen and oxygen atoms in total. The first kappa shape index (κ1) is 13.9. The first-order valence-corrected chi connectivity index (χ1v) is 5.01. The zero-order valence-corrected chi connectivity index (χ0v) is 9.57. The van der Waals surface area contributed by atoms with E-state index in [-0.39, 0.29) is 12.4 Å². The monoisotopic (exact) mass is 212 g/mol. The quantitative estimate of drug-likeness (QED) is 0.703. The second-order valence-electron chi connectivity index (χ2n) is 3.95. The highest BCUT2D eigenvalue weighted by Gasteiger charge is 2.05. The smallest absolute Gasteiger partial charge is 0.121 e. The van der Waals surface area contributed by atoms with Gasteiger partial charge in [0.1, 0.15) is 5.75 Å². The Kier molecular flexibility index (Phi) is 5.97. The van der Waals surface area contributed by atoms with E-state index in [1.54, 1.807) is 38.1 Å².